The molecule has 2 heterocycles. The average Bonchev–Trinajstić information content (AvgIpc) is 3.06. The zero-order valence-electron chi connectivity index (χ0n) is 14.4. The highest BCUT2D eigenvalue weighted by Gasteiger charge is 2.34. The van der Waals surface area contributed by atoms with Crippen molar-refractivity contribution < 1.29 is 27.1 Å². The molecule has 142 valence electrons. The number of amides is 1. The molecule has 1 atom stereocenters. The highest BCUT2D eigenvalue weighted by atomic mass is 32.2. The Morgan fingerprint density at radius 1 is 1.07 bits per heavy atom. The molecule has 8 heteroatoms. The van der Waals surface area contributed by atoms with E-state index in [4.69, 9.17) is 9.47 Å². The van der Waals surface area contributed by atoms with Crippen LogP contribution in [0.5, 0.6) is 11.5 Å². The lowest BCUT2D eigenvalue weighted by molar-refractivity contribution is 0.0766. The number of carbonyl (C=O) groups excluding carboxylic acids is 1. The molecule has 4 rings (SSSR count). The second-order valence-corrected chi connectivity index (χ2v) is 8.83. The van der Waals surface area contributed by atoms with Crippen LogP contribution in [0.1, 0.15) is 27.6 Å². The van der Waals surface area contributed by atoms with E-state index in [9.17, 15) is 17.6 Å². The predicted molar refractivity (Wildman–Crippen MR) is 96.0 cm³/mol. The molecule has 27 heavy (non-hydrogen) atoms. The summed E-state index contributed by atoms with van der Waals surface area (Å²) in [4.78, 5) is 14.3. The number of halogens is 1. The smallest absolute Gasteiger partial charge is 0.254 e. The fourth-order valence-electron chi connectivity index (χ4n) is 3.44. The van der Waals surface area contributed by atoms with Crippen LogP contribution in [0.4, 0.5) is 4.39 Å². The Morgan fingerprint density at radius 2 is 1.85 bits per heavy atom. The van der Waals surface area contributed by atoms with Gasteiger partial charge in [-0.05, 0) is 30.7 Å². The first-order valence-corrected chi connectivity index (χ1v) is 10.3. The first-order chi connectivity index (χ1) is 13.0. The van der Waals surface area contributed by atoms with Gasteiger partial charge in [0.05, 0.1) is 11.0 Å². The molecule has 1 saturated heterocycles. The molecule has 2 aromatic rings. The number of ether oxygens (including phenoxy) is 2. The summed E-state index contributed by atoms with van der Waals surface area (Å²) in [5.41, 5.74) is 0.566. The van der Waals surface area contributed by atoms with E-state index in [1.54, 1.807) is 24.3 Å². The second kappa shape index (κ2) is 6.84. The maximum atomic E-state index is 14.1. The number of nitrogens with zero attached hydrogens (tertiary/aromatic N) is 1. The van der Waals surface area contributed by atoms with Gasteiger partial charge in [-0.2, -0.15) is 0 Å². The minimum atomic E-state index is -3.57. The third kappa shape index (κ3) is 3.37. The summed E-state index contributed by atoms with van der Waals surface area (Å²) in [5, 5.41) is -0.951. The number of benzene rings is 2. The Balaban J connectivity index is 1.57. The van der Waals surface area contributed by atoms with Crippen molar-refractivity contribution in [3.63, 3.8) is 0 Å². The minimum absolute atomic E-state index is 0.0700. The van der Waals surface area contributed by atoms with E-state index in [0.717, 1.165) is 0 Å². The van der Waals surface area contributed by atoms with E-state index < -0.39 is 20.9 Å². The number of hydrogen-bond donors (Lipinski definition) is 0. The topological polar surface area (TPSA) is 72.9 Å². The summed E-state index contributed by atoms with van der Waals surface area (Å²) >= 11 is 0. The quantitative estimate of drug-likeness (QED) is 0.787. The van der Waals surface area contributed by atoms with Crippen LogP contribution in [0.15, 0.2) is 42.5 Å². The van der Waals surface area contributed by atoms with Gasteiger partial charge in [0.1, 0.15) is 5.82 Å². The van der Waals surface area contributed by atoms with Crippen LogP contribution >= 0.6 is 0 Å². The third-order valence-corrected chi connectivity index (χ3v) is 7.01. The van der Waals surface area contributed by atoms with Gasteiger partial charge < -0.3 is 14.4 Å². The van der Waals surface area contributed by atoms with Gasteiger partial charge in [-0.25, -0.2) is 12.8 Å². The molecule has 1 unspecified atom stereocenters. The van der Waals surface area contributed by atoms with Gasteiger partial charge in [0.15, 0.2) is 21.3 Å². The van der Waals surface area contributed by atoms with E-state index in [0.29, 0.717) is 17.1 Å². The molecule has 0 N–H and O–H groups in total. The SMILES string of the molecule is O=C(c1ccc2c(c1)OCO2)N1CCC(c2ccccc2F)S(=O)(=O)CC1. The van der Waals surface area contributed by atoms with Gasteiger partial charge in [-0.3, -0.25) is 4.79 Å². The highest BCUT2D eigenvalue weighted by Crippen LogP contribution is 2.34. The number of rotatable bonds is 2. The van der Waals surface area contributed by atoms with E-state index in [-0.39, 0.29) is 43.5 Å². The van der Waals surface area contributed by atoms with E-state index in [1.807, 2.05) is 0 Å². The molecule has 0 aromatic heterocycles. The van der Waals surface area contributed by atoms with Crippen molar-refractivity contribution >= 4 is 15.7 Å². The van der Waals surface area contributed by atoms with Gasteiger partial charge in [-0.15, -0.1) is 0 Å². The largest absolute Gasteiger partial charge is 0.454 e. The van der Waals surface area contributed by atoms with Crippen molar-refractivity contribution in [3.05, 3.63) is 59.4 Å². The monoisotopic (exact) mass is 391 g/mol. The van der Waals surface area contributed by atoms with Crippen molar-refractivity contribution in [3.8, 4) is 11.5 Å². The highest BCUT2D eigenvalue weighted by molar-refractivity contribution is 7.91. The van der Waals surface area contributed by atoms with Crippen molar-refractivity contribution in [2.24, 2.45) is 0 Å². The minimum Gasteiger partial charge on any atom is -0.454 e. The molecule has 0 radical (unpaired) electrons. The summed E-state index contributed by atoms with van der Waals surface area (Å²) in [6.45, 7) is 0.408. The lowest BCUT2D eigenvalue weighted by Gasteiger charge is -2.20. The molecule has 0 bridgehead atoms. The fourth-order valence-corrected chi connectivity index (χ4v) is 5.25. The number of fused-ring (bicyclic) bond motifs is 1. The normalized spacial score (nSPS) is 20.9. The summed E-state index contributed by atoms with van der Waals surface area (Å²) in [7, 11) is -3.57. The van der Waals surface area contributed by atoms with E-state index in [2.05, 4.69) is 0 Å². The molecular weight excluding hydrogens is 373 g/mol. The lowest BCUT2D eigenvalue weighted by atomic mass is 10.1. The van der Waals surface area contributed by atoms with Crippen LogP contribution in [0.2, 0.25) is 0 Å². The maximum Gasteiger partial charge on any atom is 0.254 e. The summed E-state index contributed by atoms with van der Waals surface area (Å²) in [6.07, 6.45) is 0.152. The molecule has 0 aliphatic carbocycles. The van der Waals surface area contributed by atoms with Crippen LogP contribution in [-0.4, -0.2) is 44.9 Å². The van der Waals surface area contributed by atoms with Gasteiger partial charge >= 0.3 is 0 Å². The van der Waals surface area contributed by atoms with Gasteiger partial charge in [0, 0.05) is 24.2 Å². The Hall–Kier alpha value is -2.61. The molecule has 2 aromatic carbocycles. The molecule has 0 spiro atoms. The van der Waals surface area contributed by atoms with Gasteiger partial charge in [0.2, 0.25) is 6.79 Å². The zero-order valence-corrected chi connectivity index (χ0v) is 15.2. The molecule has 0 saturated carbocycles. The molecule has 6 nitrogen and oxygen atoms in total. The van der Waals surface area contributed by atoms with Gasteiger partial charge in [-0.1, -0.05) is 18.2 Å². The molecular formula is C19H18FNO5S. The fraction of sp³-hybridized carbons (Fsp3) is 0.316. The number of hydrogen-bond acceptors (Lipinski definition) is 5. The van der Waals surface area contributed by atoms with E-state index >= 15 is 0 Å². The molecule has 2 aliphatic rings. The van der Waals surface area contributed by atoms with Crippen LogP contribution in [0.3, 0.4) is 0 Å². The average molecular weight is 391 g/mol. The molecule has 1 fully saturated rings. The van der Waals surface area contributed by atoms with Crippen LogP contribution < -0.4 is 9.47 Å². The van der Waals surface area contributed by atoms with Crippen molar-refractivity contribution in [2.75, 3.05) is 25.6 Å². The maximum absolute atomic E-state index is 14.1. The molecule has 1 amide bonds. The van der Waals surface area contributed by atoms with Crippen molar-refractivity contribution in [1.82, 2.24) is 4.90 Å². The Morgan fingerprint density at radius 3 is 2.67 bits per heavy atom. The Bertz CT molecular complexity index is 991. The summed E-state index contributed by atoms with van der Waals surface area (Å²) in [6, 6.07) is 10.8. The zero-order chi connectivity index (χ0) is 19.0. The molecule has 2 aliphatic heterocycles. The predicted octanol–water partition coefficient (Wildman–Crippen LogP) is 2.56. The summed E-state index contributed by atoms with van der Waals surface area (Å²) in [5.74, 6) is 0.0406. The second-order valence-electron chi connectivity index (χ2n) is 6.53. The van der Waals surface area contributed by atoms with Crippen LogP contribution in [0.25, 0.3) is 0 Å². The third-order valence-electron chi connectivity index (χ3n) is 4.90. The lowest BCUT2D eigenvalue weighted by Crippen LogP contribution is -2.33. The number of sulfone groups is 1. The van der Waals surface area contributed by atoms with Crippen LogP contribution in [-0.2, 0) is 9.84 Å². The van der Waals surface area contributed by atoms with Gasteiger partial charge in [0.25, 0.3) is 5.91 Å². The number of carbonyl (C=O) groups is 1. The first-order valence-electron chi connectivity index (χ1n) is 8.60. The van der Waals surface area contributed by atoms with Crippen molar-refractivity contribution in [2.45, 2.75) is 11.7 Å². The van der Waals surface area contributed by atoms with Crippen molar-refractivity contribution in [1.29, 1.82) is 0 Å². The first kappa shape index (κ1) is 17.8. The van der Waals surface area contributed by atoms with E-state index in [1.165, 1.54) is 23.1 Å². The Labute approximate surface area is 156 Å². The Kier molecular flexibility index (Phi) is 4.51. The van der Waals surface area contributed by atoms with Crippen LogP contribution in [0, 0.1) is 5.82 Å². The summed E-state index contributed by atoms with van der Waals surface area (Å²) < 4.78 is 50.0. The standard InChI is InChI=1S/C19H18FNO5S/c20-15-4-2-1-3-14(15)18-7-8-21(9-10-27(18,23)24)19(22)13-5-6-16-17(11-13)26-12-25-16/h1-6,11,18H,7-10,12H2.